The highest BCUT2D eigenvalue weighted by Gasteiger charge is 2.16. The molecular weight excluding hydrogens is 280 g/mol. The van der Waals surface area contributed by atoms with Crippen molar-refractivity contribution in [3.63, 3.8) is 0 Å². The van der Waals surface area contributed by atoms with Crippen molar-refractivity contribution in [1.82, 2.24) is 15.2 Å². The number of likely N-dealkylation sites (N-methyl/N-ethyl adjacent to an activating group) is 1. The van der Waals surface area contributed by atoms with Gasteiger partial charge < -0.3 is 15.1 Å². The van der Waals surface area contributed by atoms with E-state index in [4.69, 9.17) is 4.98 Å². The maximum atomic E-state index is 4.74. The third-order valence-electron chi connectivity index (χ3n) is 3.94. The molecule has 1 N–H and O–H groups in total. The summed E-state index contributed by atoms with van der Waals surface area (Å²) in [4.78, 5) is 11.0. The third kappa shape index (κ3) is 5.24. The molecule has 1 fully saturated rings. The molecule has 1 aromatic rings. The first-order valence-electron chi connectivity index (χ1n) is 8.00. The first kappa shape index (κ1) is 16.7. The molecule has 1 aliphatic rings. The van der Waals surface area contributed by atoms with E-state index in [1.54, 1.807) is 0 Å². The van der Waals surface area contributed by atoms with Crippen LogP contribution in [-0.2, 0) is 6.54 Å². The van der Waals surface area contributed by atoms with E-state index in [9.17, 15) is 0 Å². The van der Waals surface area contributed by atoms with Crippen LogP contribution in [0.25, 0.3) is 0 Å². The standard InChI is InChI=1S/C16H30N4S/c1-13-14(12-17-16(2,3)4)21-15(18-13)19(5)10-11-20-8-6-7-9-20/h17H,6-12H2,1-5H3. The lowest BCUT2D eigenvalue weighted by atomic mass is 10.1. The summed E-state index contributed by atoms with van der Waals surface area (Å²) in [6.45, 7) is 14.4. The summed E-state index contributed by atoms with van der Waals surface area (Å²) < 4.78 is 0. The summed E-state index contributed by atoms with van der Waals surface area (Å²) in [5.41, 5.74) is 1.32. The molecular formula is C16H30N4S. The summed E-state index contributed by atoms with van der Waals surface area (Å²) >= 11 is 1.82. The van der Waals surface area contributed by atoms with Crippen molar-refractivity contribution < 1.29 is 0 Å². The van der Waals surface area contributed by atoms with Crippen molar-refractivity contribution in [3.8, 4) is 0 Å². The van der Waals surface area contributed by atoms with Crippen LogP contribution >= 0.6 is 11.3 Å². The SMILES string of the molecule is Cc1nc(N(C)CCN2CCCC2)sc1CNC(C)(C)C. The topological polar surface area (TPSA) is 31.4 Å². The van der Waals surface area contributed by atoms with Crippen LogP contribution in [0.5, 0.6) is 0 Å². The lowest BCUT2D eigenvalue weighted by Gasteiger charge is -2.21. The average molecular weight is 311 g/mol. The van der Waals surface area contributed by atoms with Gasteiger partial charge in [-0.3, -0.25) is 0 Å². The summed E-state index contributed by atoms with van der Waals surface area (Å²) in [5, 5.41) is 4.70. The van der Waals surface area contributed by atoms with E-state index in [1.807, 2.05) is 11.3 Å². The Bertz CT molecular complexity index is 444. The normalized spacial score (nSPS) is 16.6. The van der Waals surface area contributed by atoms with E-state index >= 15 is 0 Å². The zero-order chi connectivity index (χ0) is 15.5. The molecule has 0 aliphatic carbocycles. The van der Waals surface area contributed by atoms with Crippen molar-refractivity contribution in [2.75, 3.05) is 38.1 Å². The van der Waals surface area contributed by atoms with Crippen molar-refractivity contribution in [1.29, 1.82) is 0 Å². The fraction of sp³-hybridized carbons (Fsp3) is 0.812. The number of nitrogens with one attached hydrogen (secondary N) is 1. The maximum Gasteiger partial charge on any atom is 0.185 e. The minimum Gasteiger partial charge on any atom is -0.350 e. The van der Waals surface area contributed by atoms with Gasteiger partial charge >= 0.3 is 0 Å². The molecule has 2 rings (SSSR count). The number of hydrogen-bond acceptors (Lipinski definition) is 5. The van der Waals surface area contributed by atoms with Crippen molar-refractivity contribution in [2.45, 2.75) is 52.6 Å². The van der Waals surface area contributed by atoms with Gasteiger partial charge in [0.05, 0.1) is 5.69 Å². The number of aromatic nitrogens is 1. The minimum absolute atomic E-state index is 0.151. The van der Waals surface area contributed by atoms with Crippen LogP contribution in [0.2, 0.25) is 0 Å². The summed E-state index contributed by atoms with van der Waals surface area (Å²) in [5.74, 6) is 0. The molecule has 2 heterocycles. The zero-order valence-electron chi connectivity index (χ0n) is 14.2. The number of anilines is 1. The zero-order valence-corrected chi connectivity index (χ0v) is 15.0. The predicted molar refractivity (Wildman–Crippen MR) is 92.4 cm³/mol. The lowest BCUT2D eigenvalue weighted by Crippen LogP contribution is -2.34. The van der Waals surface area contributed by atoms with Gasteiger partial charge in [0.15, 0.2) is 5.13 Å². The Hall–Kier alpha value is -0.650. The Labute approximate surface area is 133 Å². The molecule has 0 saturated carbocycles. The van der Waals surface area contributed by atoms with Crippen LogP contribution < -0.4 is 10.2 Å². The molecule has 21 heavy (non-hydrogen) atoms. The molecule has 120 valence electrons. The van der Waals surface area contributed by atoms with Gasteiger partial charge in [-0.15, -0.1) is 11.3 Å². The Balaban J connectivity index is 1.87. The summed E-state index contributed by atoms with van der Waals surface area (Å²) in [7, 11) is 2.16. The molecule has 0 bridgehead atoms. The lowest BCUT2D eigenvalue weighted by molar-refractivity contribution is 0.346. The van der Waals surface area contributed by atoms with E-state index in [0.717, 1.165) is 24.8 Å². The second-order valence-electron chi connectivity index (χ2n) is 7.08. The highest BCUT2D eigenvalue weighted by Crippen LogP contribution is 2.25. The van der Waals surface area contributed by atoms with Gasteiger partial charge in [0.1, 0.15) is 0 Å². The number of rotatable bonds is 6. The number of hydrogen-bond donors (Lipinski definition) is 1. The van der Waals surface area contributed by atoms with Gasteiger partial charge in [0, 0.05) is 37.1 Å². The molecule has 1 aromatic heterocycles. The van der Waals surface area contributed by atoms with Crippen LogP contribution in [-0.4, -0.2) is 48.6 Å². The first-order chi connectivity index (χ1) is 9.85. The number of aryl methyl sites for hydroxylation is 1. The van der Waals surface area contributed by atoms with E-state index < -0.39 is 0 Å². The Kier molecular flexibility index (Phi) is 5.63. The highest BCUT2D eigenvalue weighted by atomic mass is 32.1. The van der Waals surface area contributed by atoms with E-state index in [1.165, 1.54) is 36.5 Å². The quantitative estimate of drug-likeness (QED) is 0.875. The molecule has 5 heteroatoms. The molecule has 0 aromatic carbocycles. The van der Waals surface area contributed by atoms with Crippen molar-refractivity contribution in [2.24, 2.45) is 0 Å². The predicted octanol–water partition coefficient (Wildman–Crippen LogP) is 2.87. The number of likely N-dealkylation sites (tertiary alicyclic amines) is 1. The molecule has 0 radical (unpaired) electrons. The first-order valence-corrected chi connectivity index (χ1v) is 8.81. The molecule has 1 saturated heterocycles. The molecule has 0 spiro atoms. The van der Waals surface area contributed by atoms with Crippen molar-refractivity contribution in [3.05, 3.63) is 10.6 Å². The summed E-state index contributed by atoms with van der Waals surface area (Å²) in [6.07, 6.45) is 2.73. The fourth-order valence-electron chi connectivity index (χ4n) is 2.48. The second-order valence-corrected chi connectivity index (χ2v) is 8.14. The minimum atomic E-state index is 0.151. The van der Waals surface area contributed by atoms with Gasteiger partial charge in [-0.1, -0.05) is 0 Å². The smallest absolute Gasteiger partial charge is 0.185 e. The Morgan fingerprint density at radius 1 is 1.29 bits per heavy atom. The van der Waals surface area contributed by atoms with Gasteiger partial charge in [-0.05, 0) is 53.6 Å². The van der Waals surface area contributed by atoms with Gasteiger partial charge in [0.25, 0.3) is 0 Å². The van der Waals surface area contributed by atoms with Gasteiger partial charge in [0.2, 0.25) is 0 Å². The fourth-order valence-corrected chi connectivity index (χ4v) is 3.47. The van der Waals surface area contributed by atoms with Gasteiger partial charge in [-0.25, -0.2) is 4.98 Å². The summed E-state index contributed by atoms with van der Waals surface area (Å²) in [6, 6.07) is 0. The molecule has 0 unspecified atom stereocenters. The molecule has 0 amide bonds. The van der Waals surface area contributed by atoms with Crippen LogP contribution in [0.15, 0.2) is 0 Å². The average Bonchev–Trinajstić information content (AvgIpc) is 3.02. The third-order valence-corrected chi connectivity index (χ3v) is 5.21. The van der Waals surface area contributed by atoms with Gasteiger partial charge in [-0.2, -0.15) is 0 Å². The van der Waals surface area contributed by atoms with E-state index in [-0.39, 0.29) is 5.54 Å². The molecule has 0 atom stereocenters. The largest absolute Gasteiger partial charge is 0.350 e. The van der Waals surface area contributed by atoms with Crippen LogP contribution in [0.3, 0.4) is 0 Å². The number of thiazole rings is 1. The molecule has 1 aliphatic heterocycles. The van der Waals surface area contributed by atoms with Crippen LogP contribution in [0.1, 0.15) is 44.2 Å². The highest BCUT2D eigenvalue weighted by molar-refractivity contribution is 7.15. The maximum absolute atomic E-state index is 4.74. The van der Waals surface area contributed by atoms with E-state index in [2.05, 4.69) is 49.9 Å². The van der Waals surface area contributed by atoms with Crippen LogP contribution in [0.4, 0.5) is 5.13 Å². The number of nitrogens with zero attached hydrogens (tertiary/aromatic N) is 3. The molecule has 4 nitrogen and oxygen atoms in total. The Morgan fingerprint density at radius 3 is 2.57 bits per heavy atom. The van der Waals surface area contributed by atoms with Crippen LogP contribution in [0, 0.1) is 6.92 Å². The second kappa shape index (κ2) is 7.07. The Morgan fingerprint density at radius 2 is 1.95 bits per heavy atom. The van der Waals surface area contributed by atoms with E-state index in [0.29, 0.717) is 0 Å². The van der Waals surface area contributed by atoms with Crippen molar-refractivity contribution >= 4 is 16.5 Å². The monoisotopic (exact) mass is 310 g/mol.